The van der Waals surface area contributed by atoms with Gasteiger partial charge in [0.15, 0.2) is 0 Å². The Morgan fingerprint density at radius 3 is 2.31 bits per heavy atom. The third-order valence-electron chi connectivity index (χ3n) is 0.948. The Bertz CT molecular complexity index is 250. The highest BCUT2D eigenvalue weighted by atomic mass is 16.2. The van der Waals surface area contributed by atoms with Crippen LogP contribution in [0.3, 0.4) is 0 Å². The van der Waals surface area contributed by atoms with Crippen molar-refractivity contribution in [2.24, 2.45) is 0 Å². The van der Waals surface area contributed by atoms with Crippen LogP contribution in [-0.4, -0.2) is 18.0 Å². The van der Waals surface area contributed by atoms with E-state index in [4.69, 9.17) is 0 Å². The number of nitrogens with one attached hydrogen (secondary N) is 3. The highest BCUT2D eigenvalue weighted by molar-refractivity contribution is 5.94. The van der Waals surface area contributed by atoms with Gasteiger partial charge >= 0.3 is 11.9 Å². The van der Waals surface area contributed by atoms with Crippen molar-refractivity contribution in [3.05, 3.63) is 0 Å². The summed E-state index contributed by atoms with van der Waals surface area (Å²) in [6.07, 6.45) is 0. The lowest BCUT2D eigenvalue weighted by atomic mass is 10.4. The van der Waals surface area contributed by atoms with E-state index in [-0.39, 0.29) is 6.04 Å². The van der Waals surface area contributed by atoms with Gasteiger partial charge in [0.1, 0.15) is 0 Å². The fourth-order valence-corrected chi connectivity index (χ4v) is 0.557. The molecule has 0 saturated carbocycles. The van der Waals surface area contributed by atoms with Gasteiger partial charge in [0, 0.05) is 6.04 Å². The van der Waals surface area contributed by atoms with Crippen molar-refractivity contribution in [2.45, 2.75) is 26.8 Å². The van der Waals surface area contributed by atoms with Gasteiger partial charge in [-0.25, -0.2) is 10.2 Å². The van der Waals surface area contributed by atoms with Crippen LogP contribution in [0.15, 0.2) is 0 Å². The molecular weight excluding hydrogens is 170 g/mol. The maximum Gasteiger partial charge on any atom is 0.333 e. The van der Waals surface area contributed by atoms with Crippen LogP contribution >= 0.6 is 0 Å². The molecular formula is C8H13N3O2. The van der Waals surface area contributed by atoms with Crippen molar-refractivity contribution < 1.29 is 9.59 Å². The number of rotatable bonds is 1. The van der Waals surface area contributed by atoms with E-state index in [1.165, 1.54) is 6.92 Å². The summed E-state index contributed by atoms with van der Waals surface area (Å²) >= 11 is 0. The molecule has 3 N–H and O–H groups in total. The Labute approximate surface area is 77.2 Å². The first-order valence-electron chi connectivity index (χ1n) is 3.85. The summed E-state index contributed by atoms with van der Waals surface area (Å²) in [5, 5.41) is 2.53. The molecule has 13 heavy (non-hydrogen) atoms. The second-order valence-corrected chi connectivity index (χ2v) is 2.58. The first kappa shape index (κ1) is 11.3. The molecule has 0 radical (unpaired) electrons. The molecule has 0 fully saturated rings. The summed E-state index contributed by atoms with van der Waals surface area (Å²) in [7, 11) is 0. The molecule has 0 bridgehead atoms. The van der Waals surface area contributed by atoms with Crippen LogP contribution in [0.5, 0.6) is 0 Å². The minimum Gasteiger partial charge on any atom is -0.335 e. The molecule has 72 valence electrons. The Kier molecular flexibility index (Phi) is 5.12. The molecule has 0 atom stereocenters. The SMILES string of the molecule is CC#CC(=O)NNC(=O)NC(C)C. The second kappa shape index (κ2) is 5.89. The average Bonchev–Trinajstić information content (AvgIpc) is 2.00. The van der Waals surface area contributed by atoms with Crippen LogP contribution < -0.4 is 16.2 Å². The van der Waals surface area contributed by atoms with Crippen LogP contribution in [0.25, 0.3) is 0 Å². The molecule has 0 aromatic heterocycles. The minimum atomic E-state index is -0.540. The molecule has 0 rings (SSSR count). The number of hydrazine groups is 1. The van der Waals surface area contributed by atoms with Gasteiger partial charge in [0.05, 0.1) is 0 Å². The van der Waals surface area contributed by atoms with E-state index in [0.29, 0.717) is 0 Å². The molecule has 0 unspecified atom stereocenters. The highest BCUT2D eigenvalue weighted by Gasteiger charge is 2.01. The van der Waals surface area contributed by atoms with E-state index in [1.807, 2.05) is 13.8 Å². The predicted octanol–water partition coefficient (Wildman–Crippen LogP) is -0.252. The van der Waals surface area contributed by atoms with Gasteiger partial charge < -0.3 is 5.32 Å². The summed E-state index contributed by atoms with van der Waals surface area (Å²) in [6.45, 7) is 5.16. The Hall–Kier alpha value is -1.70. The van der Waals surface area contributed by atoms with Crippen molar-refractivity contribution in [1.29, 1.82) is 0 Å². The Balaban J connectivity index is 3.68. The van der Waals surface area contributed by atoms with Crippen molar-refractivity contribution in [1.82, 2.24) is 16.2 Å². The third kappa shape index (κ3) is 6.69. The number of amides is 3. The van der Waals surface area contributed by atoms with Gasteiger partial charge in [-0.2, -0.15) is 0 Å². The summed E-state index contributed by atoms with van der Waals surface area (Å²) in [5.74, 6) is 4.07. The zero-order valence-corrected chi connectivity index (χ0v) is 7.89. The number of hydrogen-bond acceptors (Lipinski definition) is 2. The van der Waals surface area contributed by atoms with Gasteiger partial charge in [0.2, 0.25) is 0 Å². The van der Waals surface area contributed by atoms with Gasteiger partial charge in [-0.3, -0.25) is 10.2 Å². The number of urea groups is 1. The summed E-state index contributed by atoms with van der Waals surface area (Å²) in [4.78, 5) is 21.6. The molecule has 0 aliphatic rings. The lowest BCUT2D eigenvalue weighted by Crippen LogP contribution is -2.48. The molecule has 0 aromatic rings. The van der Waals surface area contributed by atoms with Crippen LogP contribution in [0.2, 0.25) is 0 Å². The molecule has 0 spiro atoms. The first-order chi connectivity index (χ1) is 6.06. The fourth-order valence-electron chi connectivity index (χ4n) is 0.557. The smallest absolute Gasteiger partial charge is 0.333 e. The molecule has 0 heterocycles. The minimum absolute atomic E-state index is 0.0224. The second-order valence-electron chi connectivity index (χ2n) is 2.58. The summed E-state index contributed by atoms with van der Waals surface area (Å²) < 4.78 is 0. The Morgan fingerprint density at radius 2 is 1.85 bits per heavy atom. The van der Waals surface area contributed by atoms with Crippen LogP contribution in [0.4, 0.5) is 4.79 Å². The normalized spacial score (nSPS) is 8.31. The van der Waals surface area contributed by atoms with E-state index in [0.717, 1.165) is 0 Å². The molecule has 3 amide bonds. The topological polar surface area (TPSA) is 70.2 Å². The van der Waals surface area contributed by atoms with Crippen LogP contribution in [0.1, 0.15) is 20.8 Å². The number of carbonyl (C=O) groups is 2. The molecule has 0 aliphatic heterocycles. The molecule has 0 aromatic carbocycles. The highest BCUT2D eigenvalue weighted by Crippen LogP contribution is 1.74. The molecule has 5 nitrogen and oxygen atoms in total. The van der Waals surface area contributed by atoms with E-state index in [1.54, 1.807) is 0 Å². The van der Waals surface area contributed by atoms with Gasteiger partial charge in [-0.15, -0.1) is 0 Å². The third-order valence-corrected chi connectivity index (χ3v) is 0.948. The lowest BCUT2D eigenvalue weighted by Gasteiger charge is -2.08. The summed E-state index contributed by atoms with van der Waals surface area (Å²) in [5.41, 5.74) is 4.26. The zero-order valence-electron chi connectivity index (χ0n) is 7.89. The lowest BCUT2D eigenvalue weighted by molar-refractivity contribution is -0.116. The first-order valence-corrected chi connectivity index (χ1v) is 3.85. The van der Waals surface area contributed by atoms with E-state index in [2.05, 4.69) is 28.0 Å². The average molecular weight is 183 g/mol. The van der Waals surface area contributed by atoms with Gasteiger partial charge in [-0.1, -0.05) is 5.92 Å². The van der Waals surface area contributed by atoms with Gasteiger partial charge in [-0.05, 0) is 26.7 Å². The molecule has 0 saturated heterocycles. The van der Waals surface area contributed by atoms with Crippen LogP contribution in [0, 0.1) is 11.8 Å². The number of carbonyl (C=O) groups excluding carboxylic acids is 2. The van der Waals surface area contributed by atoms with Gasteiger partial charge in [0.25, 0.3) is 0 Å². The van der Waals surface area contributed by atoms with Crippen molar-refractivity contribution >= 4 is 11.9 Å². The van der Waals surface area contributed by atoms with Crippen molar-refractivity contribution in [2.75, 3.05) is 0 Å². The Morgan fingerprint density at radius 1 is 1.23 bits per heavy atom. The molecule has 5 heteroatoms. The van der Waals surface area contributed by atoms with E-state index < -0.39 is 11.9 Å². The zero-order chi connectivity index (χ0) is 10.3. The van der Waals surface area contributed by atoms with Crippen LogP contribution in [-0.2, 0) is 4.79 Å². The summed E-state index contributed by atoms with van der Waals surface area (Å²) in [6, 6.07) is -0.435. The molecule has 0 aliphatic carbocycles. The monoisotopic (exact) mass is 183 g/mol. The largest absolute Gasteiger partial charge is 0.335 e. The van der Waals surface area contributed by atoms with E-state index in [9.17, 15) is 9.59 Å². The quantitative estimate of drug-likeness (QED) is 0.387. The standard InChI is InChI=1S/C8H13N3O2/c1-4-5-7(12)10-11-8(13)9-6(2)3/h6H,1-3H3,(H,10,12)(H2,9,11,13). The predicted molar refractivity (Wildman–Crippen MR) is 48.4 cm³/mol. The van der Waals surface area contributed by atoms with Crippen molar-refractivity contribution in [3.63, 3.8) is 0 Å². The van der Waals surface area contributed by atoms with E-state index >= 15 is 0 Å². The maximum absolute atomic E-state index is 10.9. The fraction of sp³-hybridized carbons (Fsp3) is 0.500. The maximum atomic E-state index is 10.9. The van der Waals surface area contributed by atoms with Crippen molar-refractivity contribution in [3.8, 4) is 11.8 Å². The number of hydrogen-bond donors (Lipinski definition) is 3.